The molecule has 1 saturated carbocycles. The Kier molecular flexibility index (Phi) is 5.48. The Hall–Kier alpha value is -2.60. The van der Waals surface area contributed by atoms with Gasteiger partial charge >= 0.3 is 0 Å². The summed E-state index contributed by atoms with van der Waals surface area (Å²) in [5.41, 5.74) is 0.612. The van der Waals surface area contributed by atoms with Crippen LogP contribution in [-0.2, 0) is 4.79 Å². The molecule has 28 heavy (non-hydrogen) atoms. The van der Waals surface area contributed by atoms with Gasteiger partial charge in [-0.3, -0.25) is 14.5 Å². The predicted octanol–water partition coefficient (Wildman–Crippen LogP) is 2.27. The quantitative estimate of drug-likeness (QED) is 0.834. The van der Waals surface area contributed by atoms with E-state index in [1.54, 1.807) is 0 Å². The third kappa shape index (κ3) is 4.28. The van der Waals surface area contributed by atoms with E-state index in [0.717, 1.165) is 23.6 Å². The summed E-state index contributed by atoms with van der Waals surface area (Å²) in [4.78, 5) is 29.1. The van der Waals surface area contributed by atoms with Crippen LogP contribution in [0.2, 0.25) is 0 Å². The van der Waals surface area contributed by atoms with E-state index >= 15 is 0 Å². The lowest BCUT2D eigenvalue weighted by Gasteiger charge is -2.34. The van der Waals surface area contributed by atoms with Crippen LogP contribution in [0.4, 0.5) is 0 Å². The van der Waals surface area contributed by atoms with Gasteiger partial charge in [-0.25, -0.2) is 0 Å². The second kappa shape index (κ2) is 8.19. The van der Waals surface area contributed by atoms with E-state index in [0.29, 0.717) is 56.7 Å². The van der Waals surface area contributed by atoms with Crippen molar-refractivity contribution in [2.24, 2.45) is 0 Å². The highest BCUT2D eigenvalue weighted by molar-refractivity contribution is 6.01. The van der Waals surface area contributed by atoms with Crippen LogP contribution >= 0.6 is 0 Å². The van der Waals surface area contributed by atoms with Crippen molar-refractivity contribution < 1.29 is 14.3 Å². The number of fused-ring (bicyclic) bond motifs is 1. The van der Waals surface area contributed by atoms with Crippen LogP contribution in [0.3, 0.4) is 0 Å². The molecule has 2 aromatic carbocycles. The lowest BCUT2D eigenvalue weighted by Crippen LogP contribution is -2.51. The zero-order chi connectivity index (χ0) is 19.5. The molecule has 1 heterocycles. The van der Waals surface area contributed by atoms with E-state index in [1.165, 1.54) is 0 Å². The van der Waals surface area contributed by atoms with Crippen molar-refractivity contribution in [1.82, 2.24) is 15.1 Å². The largest absolute Gasteiger partial charge is 0.493 e. The predicted molar refractivity (Wildman–Crippen MR) is 109 cm³/mol. The van der Waals surface area contributed by atoms with Crippen molar-refractivity contribution >= 4 is 22.6 Å². The van der Waals surface area contributed by atoms with Crippen molar-refractivity contribution in [1.29, 1.82) is 0 Å². The Morgan fingerprint density at radius 2 is 1.75 bits per heavy atom. The van der Waals surface area contributed by atoms with E-state index < -0.39 is 0 Å². The number of carbonyl (C=O) groups excluding carboxylic acids is 2. The fourth-order valence-corrected chi connectivity index (χ4v) is 3.64. The number of ether oxygens (including phenoxy) is 1. The molecular weight excluding hydrogens is 354 g/mol. The minimum absolute atomic E-state index is 0.00344. The normalized spacial score (nSPS) is 17.5. The summed E-state index contributed by atoms with van der Waals surface area (Å²) in [5.74, 6) is 0.726. The first-order valence-electron chi connectivity index (χ1n) is 10.1. The zero-order valence-corrected chi connectivity index (χ0v) is 16.3. The second-order valence-corrected chi connectivity index (χ2v) is 7.54. The fourth-order valence-electron chi connectivity index (χ4n) is 3.64. The highest BCUT2D eigenvalue weighted by Crippen LogP contribution is 2.28. The third-order valence-corrected chi connectivity index (χ3v) is 5.35. The molecule has 4 rings (SSSR count). The van der Waals surface area contributed by atoms with Crippen LogP contribution in [0.15, 0.2) is 36.4 Å². The molecule has 1 aliphatic carbocycles. The van der Waals surface area contributed by atoms with E-state index in [2.05, 4.69) is 10.2 Å². The number of nitrogens with zero attached hydrogens (tertiary/aromatic N) is 2. The number of nitrogens with one attached hydrogen (secondary N) is 1. The minimum Gasteiger partial charge on any atom is -0.493 e. The van der Waals surface area contributed by atoms with Gasteiger partial charge in [-0.15, -0.1) is 0 Å². The Bertz CT molecular complexity index is 870. The van der Waals surface area contributed by atoms with Crippen molar-refractivity contribution in [2.75, 3.05) is 39.3 Å². The van der Waals surface area contributed by atoms with Gasteiger partial charge < -0.3 is 15.0 Å². The molecule has 2 amide bonds. The SMILES string of the molecule is CCOc1cc2ccccc2cc1C(=O)N1CCN(CC(=O)NC2CC2)CC1. The number of benzene rings is 2. The summed E-state index contributed by atoms with van der Waals surface area (Å²) in [6.07, 6.45) is 2.20. The number of hydrogen-bond donors (Lipinski definition) is 1. The molecule has 0 spiro atoms. The molecular formula is C22H27N3O3. The van der Waals surface area contributed by atoms with Crippen LogP contribution < -0.4 is 10.1 Å². The molecule has 0 unspecified atom stereocenters. The highest BCUT2D eigenvalue weighted by atomic mass is 16.5. The van der Waals surface area contributed by atoms with Gasteiger partial charge in [0.25, 0.3) is 5.91 Å². The number of piperazine rings is 1. The minimum atomic E-state index is -0.00344. The Morgan fingerprint density at radius 3 is 2.39 bits per heavy atom. The maximum absolute atomic E-state index is 13.2. The fraction of sp³-hybridized carbons (Fsp3) is 0.455. The zero-order valence-electron chi connectivity index (χ0n) is 16.3. The van der Waals surface area contributed by atoms with E-state index in [-0.39, 0.29) is 11.8 Å². The number of hydrogen-bond acceptors (Lipinski definition) is 4. The first kappa shape index (κ1) is 18.7. The highest BCUT2D eigenvalue weighted by Gasteiger charge is 2.27. The van der Waals surface area contributed by atoms with Crippen molar-refractivity contribution in [3.8, 4) is 5.75 Å². The van der Waals surface area contributed by atoms with Crippen molar-refractivity contribution in [2.45, 2.75) is 25.8 Å². The second-order valence-electron chi connectivity index (χ2n) is 7.54. The topological polar surface area (TPSA) is 61.9 Å². The molecule has 2 aliphatic rings. The summed E-state index contributed by atoms with van der Waals surface area (Å²) in [5, 5.41) is 5.12. The first-order valence-corrected chi connectivity index (χ1v) is 10.1. The lowest BCUT2D eigenvalue weighted by atomic mass is 10.0. The standard InChI is InChI=1S/C22H27N3O3/c1-2-28-20-14-17-6-4-3-5-16(17)13-19(20)22(27)25-11-9-24(10-12-25)15-21(26)23-18-7-8-18/h3-6,13-14,18H,2,7-12,15H2,1H3,(H,23,26). The molecule has 6 heteroatoms. The van der Waals surface area contributed by atoms with E-state index in [1.807, 2.05) is 48.2 Å². The number of rotatable bonds is 6. The van der Waals surface area contributed by atoms with Crippen LogP contribution in [-0.4, -0.2) is 67.0 Å². The molecule has 1 N–H and O–H groups in total. The van der Waals surface area contributed by atoms with Crippen LogP contribution in [0.25, 0.3) is 10.8 Å². The Labute approximate surface area is 165 Å². The lowest BCUT2D eigenvalue weighted by molar-refractivity contribution is -0.122. The molecule has 1 saturated heterocycles. The first-order chi connectivity index (χ1) is 13.6. The van der Waals surface area contributed by atoms with Gasteiger partial charge in [0.15, 0.2) is 0 Å². The van der Waals surface area contributed by atoms with Gasteiger partial charge in [0.1, 0.15) is 5.75 Å². The van der Waals surface area contributed by atoms with E-state index in [9.17, 15) is 9.59 Å². The van der Waals surface area contributed by atoms with Crippen LogP contribution in [0.5, 0.6) is 5.75 Å². The maximum Gasteiger partial charge on any atom is 0.257 e. The molecule has 0 aromatic heterocycles. The van der Waals surface area contributed by atoms with Crippen molar-refractivity contribution in [3.05, 3.63) is 42.0 Å². The molecule has 0 radical (unpaired) electrons. The summed E-state index contributed by atoms with van der Waals surface area (Å²) in [6, 6.07) is 12.3. The van der Waals surface area contributed by atoms with Crippen LogP contribution in [0, 0.1) is 0 Å². The Balaban J connectivity index is 1.43. The number of carbonyl (C=O) groups is 2. The Morgan fingerprint density at radius 1 is 1.07 bits per heavy atom. The molecule has 0 atom stereocenters. The average Bonchev–Trinajstić information content (AvgIpc) is 3.51. The van der Waals surface area contributed by atoms with Crippen molar-refractivity contribution in [3.63, 3.8) is 0 Å². The molecule has 1 aliphatic heterocycles. The van der Waals surface area contributed by atoms with Gasteiger partial charge in [0.2, 0.25) is 5.91 Å². The molecule has 0 bridgehead atoms. The van der Waals surface area contributed by atoms with Gasteiger partial charge in [-0.05, 0) is 42.7 Å². The van der Waals surface area contributed by atoms with Gasteiger partial charge in [0.05, 0.1) is 18.7 Å². The summed E-state index contributed by atoms with van der Waals surface area (Å²) in [6.45, 7) is 5.51. The summed E-state index contributed by atoms with van der Waals surface area (Å²) >= 11 is 0. The molecule has 2 aromatic rings. The maximum atomic E-state index is 13.2. The molecule has 6 nitrogen and oxygen atoms in total. The summed E-state index contributed by atoms with van der Waals surface area (Å²) < 4.78 is 5.76. The molecule has 148 valence electrons. The van der Waals surface area contributed by atoms with Crippen LogP contribution in [0.1, 0.15) is 30.1 Å². The van der Waals surface area contributed by atoms with E-state index in [4.69, 9.17) is 4.74 Å². The monoisotopic (exact) mass is 381 g/mol. The smallest absolute Gasteiger partial charge is 0.257 e. The number of amides is 2. The van der Waals surface area contributed by atoms with Gasteiger partial charge in [-0.2, -0.15) is 0 Å². The van der Waals surface area contributed by atoms with Gasteiger partial charge in [-0.1, -0.05) is 24.3 Å². The van der Waals surface area contributed by atoms with Gasteiger partial charge in [0, 0.05) is 32.2 Å². The third-order valence-electron chi connectivity index (χ3n) is 5.35. The average molecular weight is 381 g/mol. The molecule has 2 fully saturated rings. The summed E-state index contributed by atoms with van der Waals surface area (Å²) in [7, 11) is 0.